The average molecular weight is 639 g/mol. The van der Waals surface area contributed by atoms with Gasteiger partial charge in [0.05, 0.1) is 24.2 Å². The van der Waals surface area contributed by atoms with E-state index >= 15 is 0 Å². The van der Waals surface area contributed by atoms with Crippen molar-refractivity contribution >= 4 is 17.7 Å². The monoisotopic (exact) mass is 638 g/mol. The van der Waals surface area contributed by atoms with E-state index in [1.165, 1.54) is 0 Å². The largest absolute Gasteiger partial charge is 0.457 e. The number of nitrogens with one attached hydrogen (secondary N) is 1. The van der Waals surface area contributed by atoms with Gasteiger partial charge in [0.25, 0.3) is 0 Å². The maximum Gasteiger partial charge on any atom is 0.319 e. The summed E-state index contributed by atoms with van der Waals surface area (Å²) in [6, 6.07) is -0.300. The second-order valence-electron chi connectivity index (χ2n) is 15.0. The fourth-order valence-corrected chi connectivity index (χ4v) is 8.33. The van der Waals surface area contributed by atoms with Gasteiger partial charge in [0.1, 0.15) is 17.6 Å². The van der Waals surface area contributed by atoms with Crippen LogP contribution in [0.25, 0.3) is 0 Å². The summed E-state index contributed by atoms with van der Waals surface area (Å²) in [5.74, 6) is -2.21. The lowest BCUT2D eigenvalue weighted by molar-refractivity contribution is -0.302. The third kappa shape index (κ3) is 6.99. The molecule has 11 heteroatoms. The molecule has 2 bridgehead atoms. The lowest BCUT2D eigenvalue weighted by Crippen LogP contribution is -2.61. The molecule has 5 saturated heterocycles. The number of hydrogen-bond donors (Lipinski definition) is 2. The van der Waals surface area contributed by atoms with Crippen LogP contribution >= 0.6 is 0 Å². The molecule has 5 aliphatic rings. The van der Waals surface area contributed by atoms with Gasteiger partial charge in [-0.3, -0.25) is 14.4 Å². The van der Waals surface area contributed by atoms with E-state index < -0.39 is 53.1 Å². The Balaban J connectivity index is 1.76. The molecule has 5 heterocycles. The van der Waals surface area contributed by atoms with Crippen molar-refractivity contribution in [3.05, 3.63) is 0 Å². The Morgan fingerprint density at radius 3 is 2.38 bits per heavy atom. The van der Waals surface area contributed by atoms with Gasteiger partial charge in [-0.2, -0.15) is 0 Å². The highest BCUT2D eigenvalue weighted by Gasteiger charge is 2.58. The molecule has 0 aromatic carbocycles. The number of rotatable bonds is 5. The van der Waals surface area contributed by atoms with Crippen molar-refractivity contribution in [2.75, 3.05) is 27.2 Å². The topological polar surface area (TPSA) is 133 Å². The molecule has 4 unspecified atom stereocenters. The SMILES string of the molecule is CCC1CC(N(C)C)C(O)[C@H](O[C@@H]2[C@@H](C)C(=O)C3(C)CCO[C@@]2(C)C[C@@H](C)CN[C@H](C)[C@H]2CC(=O)O[C@]2(C)[C@@H](CC)OC3=O)O1. The molecule has 258 valence electrons. The molecule has 5 rings (SSSR count). The first kappa shape index (κ1) is 36.2. The van der Waals surface area contributed by atoms with Gasteiger partial charge in [0.2, 0.25) is 0 Å². The molecule has 0 aromatic heterocycles. The predicted octanol–water partition coefficient (Wildman–Crippen LogP) is 3.24. The molecule has 0 aromatic rings. The van der Waals surface area contributed by atoms with Crippen LogP contribution in [0.5, 0.6) is 0 Å². The number of ketones is 1. The van der Waals surface area contributed by atoms with Crippen molar-refractivity contribution in [1.29, 1.82) is 0 Å². The number of ether oxygens (including phenoxy) is 5. The number of hydrogen-bond acceptors (Lipinski definition) is 11. The van der Waals surface area contributed by atoms with Gasteiger partial charge >= 0.3 is 11.9 Å². The number of fused-ring (bicyclic) bond motifs is 10. The number of aliphatic hydroxyl groups is 1. The van der Waals surface area contributed by atoms with Gasteiger partial charge in [-0.15, -0.1) is 0 Å². The highest BCUT2D eigenvalue weighted by Crippen LogP contribution is 2.45. The van der Waals surface area contributed by atoms with Crippen LogP contribution < -0.4 is 5.32 Å². The van der Waals surface area contributed by atoms with E-state index in [4.69, 9.17) is 23.7 Å². The lowest BCUT2D eigenvalue weighted by Gasteiger charge is -2.49. The molecule has 45 heavy (non-hydrogen) atoms. The van der Waals surface area contributed by atoms with Gasteiger partial charge < -0.3 is 39.0 Å². The van der Waals surface area contributed by atoms with E-state index in [-0.39, 0.29) is 61.2 Å². The Morgan fingerprint density at radius 2 is 1.76 bits per heavy atom. The number of esters is 2. The van der Waals surface area contributed by atoms with Gasteiger partial charge in [-0.05, 0) is 86.4 Å². The van der Waals surface area contributed by atoms with Crippen LogP contribution in [0.2, 0.25) is 0 Å². The molecule has 5 fully saturated rings. The van der Waals surface area contributed by atoms with Crippen molar-refractivity contribution in [2.24, 2.45) is 23.2 Å². The zero-order valence-corrected chi connectivity index (χ0v) is 29.1. The second-order valence-corrected chi connectivity index (χ2v) is 15.0. The highest BCUT2D eigenvalue weighted by molar-refractivity contribution is 6.04. The van der Waals surface area contributed by atoms with Crippen LogP contribution in [0.4, 0.5) is 0 Å². The first-order chi connectivity index (χ1) is 21.0. The smallest absolute Gasteiger partial charge is 0.319 e. The van der Waals surface area contributed by atoms with E-state index in [1.54, 1.807) is 13.8 Å². The molecule has 0 saturated carbocycles. The first-order valence-corrected chi connectivity index (χ1v) is 17.0. The van der Waals surface area contributed by atoms with E-state index in [1.807, 2.05) is 53.6 Å². The summed E-state index contributed by atoms with van der Waals surface area (Å²) < 4.78 is 31.8. The molecule has 13 atom stereocenters. The zero-order chi connectivity index (χ0) is 33.5. The average Bonchev–Trinajstić information content (AvgIpc) is 3.30. The van der Waals surface area contributed by atoms with Crippen LogP contribution in [0.1, 0.15) is 93.9 Å². The van der Waals surface area contributed by atoms with Gasteiger partial charge in [-0.1, -0.05) is 27.7 Å². The minimum atomic E-state index is -1.52. The molecule has 2 N–H and O–H groups in total. The van der Waals surface area contributed by atoms with E-state index in [0.717, 1.165) is 6.42 Å². The maximum atomic E-state index is 14.5. The fourth-order valence-electron chi connectivity index (χ4n) is 8.33. The number of carbonyl (C=O) groups excluding carboxylic acids is 3. The van der Waals surface area contributed by atoms with Crippen molar-refractivity contribution in [1.82, 2.24) is 10.2 Å². The summed E-state index contributed by atoms with van der Waals surface area (Å²) in [5.41, 5.74) is -3.51. The number of aliphatic hydroxyl groups excluding tert-OH is 1. The van der Waals surface area contributed by atoms with Gasteiger partial charge in [0, 0.05) is 30.5 Å². The number of Topliss-reactive ketones (excluding diaryl/α,β-unsaturated/α-hetero) is 1. The Labute approximate surface area is 269 Å². The van der Waals surface area contributed by atoms with Crippen LogP contribution in [0, 0.1) is 23.2 Å². The third-order valence-corrected chi connectivity index (χ3v) is 11.3. The van der Waals surface area contributed by atoms with Crippen LogP contribution in [-0.4, -0.2) is 109 Å². The number of likely N-dealkylation sites (N-methyl/N-ethyl adjacent to an activating group) is 1. The van der Waals surface area contributed by atoms with Crippen molar-refractivity contribution in [3.8, 4) is 0 Å². The summed E-state index contributed by atoms with van der Waals surface area (Å²) >= 11 is 0. The Kier molecular flexibility index (Phi) is 11.1. The normalized spacial score (nSPS) is 47.0. The molecule has 0 amide bonds. The maximum absolute atomic E-state index is 14.5. The predicted molar refractivity (Wildman–Crippen MR) is 167 cm³/mol. The second kappa shape index (κ2) is 13.8. The fraction of sp³-hybridized carbons (Fsp3) is 0.912. The van der Waals surface area contributed by atoms with E-state index in [0.29, 0.717) is 25.8 Å². The van der Waals surface area contributed by atoms with Crippen molar-refractivity contribution < 1.29 is 43.2 Å². The minimum Gasteiger partial charge on any atom is -0.457 e. The summed E-state index contributed by atoms with van der Waals surface area (Å²) in [4.78, 5) is 43.3. The number of nitrogens with zero attached hydrogens (tertiary/aromatic N) is 1. The standard InChI is InChI=1S/C34H58N2O9/c1-11-22-15-24(36(9)10)27(38)30(42-22)44-29-20(4)28(39)32(6)13-14-41-33(29,7)17-19(3)18-35-21(5)23-16-26(37)45-34(23,8)25(12-2)43-31(32)40/h19-25,27,29-30,35,38H,11-18H2,1-10H3/t19-,20+,21-,22?,23-,24?,25-,27?,29-,30+,32?,33+,34+/m1/s1. The van der Waals surface area contributed by atoms with E-state index in [9.17, 15) is 19.5 Å². The summed E-state index contributed by atoms with van der Waals surface area (Å²) in [6.45, 7) is 16.0. The molecule has 0 aliphatic carbocycles. The first-order valence-electron chi connectivity index (χ1n) is 17.0. The van der Waals surface area contributed by atoms with Crippen molar-refractivity contribution in [2.45, 2.75) is 148 Å². The Bertz CT molecular complexity index is 1090. The third-order valence-electron chi connectivity index (χ3n) is 11.3. The summed E-state index contributed by atoms with van der Waals surface area (Å²) in [6.07, 6.45) is -0.877. The highest BCUT2D eigenvalue weighted by atomic mass is 16.7. The van der Waals surface area contributed by atoms with Gasteiger partial charge in [-0.25, -0.2) is 0 Å². The van der Waals surface area contributed by atoms with Crippen LogP contribution in [0.3, 0.4) is 0 Å². The van der Waals surface area contributed by atoms with Crippen molar-refractivity contribution in [3.63, 3.8) is 0 Å². The molecule has 0 spiro atoms. The minimum absolute atomic E-state index is 0.0843. The summed E-state index contributed by atoms with van der Waals surface area (Å²) in [7, 11) is 3.85. The molecule has 0 radical (unpaired) electrons. The number of carbonyl (C=O) groups is 3. The summed E-state index contributed by atoms with van der Waals surface area (Å²) in [5, 5.41) is 15.0. The molecule has 5 aliphatic heterocycles. The van der Waals surface area contributed by atoms with Gasteiger partial charge in [0.15, 0.2) is 17.7 Å². The van der Waals surface area contributed by atoms with E-state index in [2.05, 4.69) is 12.2 Å². The van der Waals surface area contributed by atoms with Crippen LogP contribution in [0.15, 0.2) is 0 Å². The quantitative estimate of drug-likeness (QED) is 0.340. The van der Waals surface area contributed by atoms with Crippen LogP contribution in [-0.2, 0) is 38.1 Å². The zero-order valence-electron chi connectivity index (χ0n) is 29.1. The molecular weight excluding hydrogens is 580 g/mol. The Hall–Kier alpha value is -1.63. The lowest BCUT2D eigenvalue weighted by atomic mass is 9.70. The molecule has 11 nitrogen and oxygen atoms in total. The molecular formula is C34H58N2O9. The Morgan fingerprint density at radius 1 is 1.07 bits per heavy atom.